The van der Waals surface area contributed by atoms with Crippen LogP contribution in [0.15, 0.2) is 98.3 Å². The predicted octanol–water partition coefficient (Wildman–Crippen LogP) is 4.35. The van der Waals surface area contributed by atoms with Gasteiger partial charge in [-0.15, -0.1) is 0 Å². The van der Waals surface area contributed by atoms with Crippen LogP contribution in [0.2, 0.25) is 0 Å². The summed E-state index contributed by atoms with van der Waals surface area (Å²) in [6, 6.07) is 20.8. The number of hydrogen-bond acceptors (Lipinski definition) is 6. The zero-order valence-electron chi connectivity index (χ0n) is 19.9. The second kappa shape index (κ2) is 10.2. The number of aromatic hydroxyl groups is 1. The van der Waals surface area contributed by atoms with Crippen molar-refractivity contribution in [2.75, 3.05) is 12.4 Å². The smallest absolute Gasteiger partial charge is 0.271 e. The van der Waals surface area contributed by atoms with Crippen LogP contribution >= 0.6 is 27.3 Å². The highest BCUT2D eigenvalue weighted by Crippen LogP contribution is 2.32. The van der Waals surface area contributed by atoms with Gasteiger partial charge in [0.15, 0.2) is 4.80 Å². The number of methoxy groups -OCH3 is 1. The van der Waals surface area contributed by atoms with Crippen LogP contribution in [0.5, 0.6) is 11.5 Å². The Hall–Kier alpha value is -3.95. The summed E-state index contributed by atoms with van der Waals surface area (Å²) in [6.07, 6.45) is 1.75. The van der Waals surface area contributed by atoms with Gasteiger partial charge in [0, 0.05) is 5.69 Å². The van der Waals surface area contributed by atoms with Crippen LogP contribution in [0.3, 0.4) is 0 Å². The number of halogens is 1. The van der Waals surface area contributed by atoms with Crippen molar-refractivity contribution in [3.8, 4) is 11.5 Å². The molecule has 0 fully saturated rings. The van der Waals surface area contributed by atoms with E-state index in [4.69, 9.17) is 4.74 Å². The highest BCUT2D eigenvalue weighted by atomic mass is 79.9. The van der Waals surface area contributed by atoms with Gasteiger partial charge in [0.2, 0.25) is 0 Å². The number of carbonyl (C=O) groups is 1. The van der Waals surface area contributed by atoms with Gasteiger partial charge in [-0.3, -0.25) is 14.2 Å². The number of hydrogen-bond donors (Lipinski definition) is 2. The lowest BCUT2D eigenvalue weighted by Gasteiger charge is -2.25. The number of carbonyl (C=O) groups excluding carboxylic acids is 1. The van der Waals surface area contributed by atoms with Crippen LogP contribution < -0.4 is 24.9 Å². The molecule has 0 saturated heterocycles. The number of nitrogens with zero attached hydrogens (tertiary/aromatic N) is 2. The summed E-state index contributed by atoms with van der Waals surface area (Å²) >= 11 is 4.57. The standard InChI is InChI=1S/C28H22BrN3O4S/c1-16-24(26(34)31-19-8-4-3-5-9-19)25(18-7-6-10-20(15-18)36-2)32-27(35)23(37-28(32)30-16)14-17-11-12-22(33)21(29)13-17/h3-15,25,33H,1-2H3,(H,31,34)/b23-14+/t25-/m1/s1. The molecule has 2 heterocycles. The van der Waals surface area contributed by atoms with Gasteiger partial charge in [-0.1, -0.05) is 47.7 Å². The maximum atomic E-state index is 13.8. The Morgan fingerprint density at radius 2 is 1.92 bits per heavy atom. The Morgan fingerprint density at radius 1 is 1.14 bits per heavy atom. The third kappa shape index (κ3) is 4.87. The second-order valence-corrected chi connectivity index (χ2v) is 10.3. The van der Waals surface area contributed by atoms with E-state index >= 15 is 0 Å². The average molecular weight is 576 g/mol. The number of rotatable bonds is 5. The van der Waals surface area contributed by atoms with E-state index in [0.29, 0.717) is 36.5 Å². The molecule has 1 amide bonds. The van der Waals surface area contributed by atoms with Gasteiger partial charge in [-0.2, -0.15) is 0 Å². The second-order valence-electron chi connectivity index (χ2n) is 8.39. The molecule has 0 unspecified atom stereocenters. The van der Waals surface area contributed by atoms with Gasteiger partial charge >= 0.3 is 0 Å². The minimum absolute atomic E-state index is 0.112. The van der Waals surface area contributed by atoms with Crippen molar-refractivity contribution < 1.29 is 14.6 Å². The first-order chi connectivity index (χ1) is 17.9. The highest BCUT2D eigenvalue weighted by Gasteiger charge is 2.32. The molecule has 0 saturated carbocycles. The molecule has 0 aliphatic carbocycles. The van der Waals surface area contributed by atoms with Crippen LogP contribution in [-0.4, -0.2) is 22.7 Å². The van der Waals surface area contributed by atoms with Crippen molar-refractivity contribution in [3.63, 3.8) is 0 Å². The Balaban J connectivity index is 1.69. The molecule has 1 aromatic heterocycles. The third-order valence-corrected chi connectivity index (χ3v) is 7.60. The van der Waals surface area contributed by atoms with E-state index in [1.165, 1.54) is 11.3 Å². The van der Waals surface area contributed by atoms with Crippen molar-refractivity contribution in [2.45, 2.75) is 13.0 Å². The van der Waals surface area contributed by atoms with Crippen LogP contribution in [0.25, 0.3) is 6.08 Å². The Kier molecular flexibility index (Phi) is 6.82. The number of phenols is 1. The number of amides is 1. The maximum Gasteiger partial charge on any atom is 0.271 e. The molecule has 2 N–H and O–H groups in total. The molecule has 9 heteroatoms. The number of nitrogens with one attached hydrogen (secondary N) is 1. The van der Waals surface area contributed by atoms with E-state index < -0.39 is 6.04 Å². The number of fused-ring (bicyclic) bond motifs is 1. The Labute approximate surface area is 224 Å². The molecule has 186 valence electrons. The number of benzene rings is 3. The zero-order chi connectivity index (χ0) is 26.1. The zero-order valence-corrected chi connectivity index (χ0v) is 22.3. The summed E-state index contributed by atoms with van der Waals surface area (Å²) in [4.78, 5) is 32.5. The lowest BCUT2D eigenvalue weighted by molar-refractivity contribution is -0.113. The summed E-state index contributed by atoms with van der Waals surface area (Å²) < 4.78 is 7.98. The number of allylic oxidation sites excluding steroid dienone is 1. The van der Waals surface area contributed by atoms with Crippen LogP contribution in [0, 0.1) is 0 Å². The van der Waals surface area contributed by atoms with E-state index in [1.807, 2.05) is 42.5 Å². The normalized spacial score (nSPS) is 15.2. The van der Waals surface area contributed by atoms with Gasteiger partial charge in [-0.05, 0) is 76.5 Å². The van der Waals surface area contributed by atoms with Crippen LogP contribution in [0.1, 0.15) is 24.1 Å². The Morgan fingerprint density at radius 3 is 2.65 bits per heavy atom. The topological polar surface area (TPSA) is 92.9 Å². The molecular weight excluding hydrogens is 554 g/mol. The Bertz CT molecular complexity index is 1720. The van der Waals surface area contributed by atoms with Crippen LogP contribution in [0.4, 0.5) is 5.69 Å². The number of aromatic nitrogens is 1. The summed E-state index contributed by atoms with van der Waals surface area (Å²) in [5, 5.41) is 12.8. The minimum atomic E-state index is -0.705. The van der Waals surface area contributed by atoms with Crippen molar-refractivity contribution in [1.82, 2.24) is 4.57 Å². The average Bonchev–Trinajstić information content (AvgIpc) is 3.20. The van der Waals surface area contributed by atoms with Crippen molar-refractivity contribution in [1.29, 1.82) is 0 Å². The first-order valence-electron chi connectivity index (χ1n) is 11.4. The first kappa shape index (κ1) is 24.7. The maximum absolute atomic E-state index is 13.8. The third-order valence-electron chi connectivity index (χ3n) is 5.98. The van der Waals surface area contributed by atoms with E-state index in [-0.39, 0.29) is 17.2 Å². The molecule has 1 aliphatic rings. The largest absolute Gasteiger partial charge is 0.507 e. The fourth-order valence-corrected chi connectivity index (χ4v) is 5.67. The fourth-order valence-electron chi connectivity index (χ4n) is 4.22. The van der Waals surface area contributed by atoms with Crippen molar-refractivity contribution in [3.05, 3.63) is 119 Å². The molecule has 37 heavy (non-hydrogen) atoms. The predicted molar refractivity (Wildman–Crippen MR) is 148 cm³/mol. The number of thiazole rings is 1. The minimum Gasteiger partial charge on any atom is -0.507 e. The van der Waals surface area contributed by atoms with E-state index in [2.05, 4.69) is 26.2 Å². The molecular formula is C28H22BrN3O4S. The van der Waals surface area contributed by atoms with Crippen LogP contribution in [-0.2, 0) is 4.79 Å². The molecule has 4 aromatic rings. The van der Waals surface area contributed by atoms with Crippen molar-refractivity contribution >= 4 is 44.9 Å². The lowest BCUT2D eigenvalue weighted by atomic mass is 9.95. The molecule has 0 bridgehead atoms. The SMILES string of the molecule is COc1cccc([C@@H]2C(C(=O)Nc3ccccc3)=C(C)N=c3s/c(=C/c4ccc(O)c(Br)c4)c(=O)n32)c1. The number of ether oxygens (including phenoxy) is 1. The molecule has 0 radical (unpaired) electrons. The fraction of sp³-hybridized carbons (Fsp3) is 0.107. The molecule has 1 aliphatic heterocycles. The van der Waals surface area contributed by atoms with Gasteiger partial charge < -0.3 is 15.2 Å². The number of para-hydroxylation sites is 1. The summed E-state index contributed by atoms with van der Waals surface area (Å²) in [5.41, 5.74) is 2.76. The lowest BCUT2D eigenvalue weighted by Crippen LogP contribution is -2.40. The summed E-state index contributed by atoms with van der Waals surface area (Å²) in [7, 11) is 1.57. The van der Waals surface area contributed by atoms with E-state index in [9.17, 15) is 14.7 Å². The van der Waals surface area contributed by atoms with Gasteiger partial charge in [0.25, 0.3) is 11.5 Å². The van der Waals surface area contributed by atoms with Crippen molar-refractivity contribution in [2.24, 2.45) is 4.99 Å². The van der Waals surface area contributed by atoms with E-state index in [1.54, 1.807) is 55.0 Å². The quantitative estimate of drug-likeness (QED) is 0.370. The van der Waals surface area contributed by atoms with E-state index in [0.717, 1.165) is 11.1 Å². The number of anilines is 1. The van der Waals surface area contributed by atoms with Gasteiger partial charge in [0.05, 0.1) is 33.4 Å². The van der Waals surface area contributed by atoms with Gasteiger partial charge in [0.1, 0.15) is 11.5 Å². The molecule has 3 aromatic carbocycles. The summed E-state index contributed by atoms with van der Waals surface area (Å²) in [6.45, 7) is 1.78. The number of phenolic OH excluding ortho intramolecular Hbond substituents is 1. The molecule has 7 nitrogen and oxygen atoms in total. The van der Waals surface area contributed by atoms with Gasteiger partial charge in [-0.25, -0.2) is 4.99 Å². The summed E-state index contributed by atoms with van der Waals surface area (Å²) in [5.74, 6) is 0.393. The molecule has 1 atom stereocenters. The monoisotopic (exact) mass is 575 g/mol. The molecule has 0 spiro atoms. The molecule has 5 rings (SSSR count). The highest BCUT2D eigenvalue weighted by molar-refractivity contribution is 9.10. The first-order valence-corrected chi connectivity index (χ1v) is 13.0.